The first-order valence-electron chi connectivity index (χ1n) is 8.34. The van der Waals surface area contributed by atoms with Crippen LogP contribution in [0, 0.1) is 0 Å². The molecular weight excluding hydrogens is 312 g/mol. The number of amides is 2. The Morgan fingerprint density at radius 3 is 2.52 bits per heavy atom. The summed E-state index contributed by atoms with van der Waals surface area (Å²) in [5.74, 6) is 0. The second-order valence-corrected chi connectivity index (χ2v) is 6.96. The molecule has 2 atom stereocenters. The SMILES string of the molecule is O=C(N1CC=C(c2ccccc2Cl)CC1)N1CC2CCC(C1)O2. The molecule has 2 fully saturated rings. The van der Waals surface area contributed by atoms with Gasteiger partial charge in [0.2, 0.25) is 0 Å². The van der Waals surface area contributed by atoms with Crippen LogP contribution in [0.3, 0.4) is 0 Å². The van der Waals surface area contributed by atoms with Crippen LogP contribution in [-0.4, -0.2) is 54.2 Å². The van der Waals surface area contributed by atoms with Gasteiger partial charge in [-0.2, -0.15) is 0 Å². The summed E-state index contributed by atoms with van der Waals surface area (Å²) in [6.07, 6.45) is 5.66. The Hall–Kier alpha value is -1.52. The summed E-state index contributed by atoms with van der Waals surface area (Å²) >= 11 is 6.27. The molecule has 0 saturated carbocycles. The van der Waals surface area contributed by atoms with Gasteiger partial charge in [-0.15, -0.1) is 0 Å². The van der Waals surface area contributed by atoms with E-state index in [1.807, 2.05) is 34.1 Å². The lowest BCUT2D eigenvalue weighted by atomic mass is 9.99. The second kappa shape index (κ2) is 6.17. The molecule has 5 heteroatoms. The van der Waals surface area contributed by atoms with E-state index in [9.17, 15) is 4.79 Å². The molecule has 3 aliphatic rings. The van der Waals surface area contributed by atoms with Gasteiger partial charge in [-0.05, 0) is 36.5 Å². The predicted octanol–water partition coefficient (Wildman–Crippen LogP) is 3.41. The Bertz CT molecular complexity index is 634. The monoisotopic (exact) mass is 332 g/mol. The molecule has 3 heterocycles. The number of likely N-dealkylation sites (tertiary alicyclic amines) is 1. The number of carbonyl (C=O) groups is 1. The molecule has 4 nitrogen and oxygen atoms in total. The molecular formula is C18H21ClN2O2. The number of halogens is 1. The molecule has 2 saturated heterocycles. The third-order valence-corrected chi connectivity index (χ3v) is 5.34. The molecule has 0 aromatic heterocycles. The standard InChI is InChI=1S/C18H21ClN2O2/c19-17-4-2-1-3-16(17)13-7-9-20(10-8-13)18(22)21-11-14-5-6-15(12-21)23-14/h1-4,7,14-15H,5-6,8-12H2. The zero-order chi connectivity index (χ0) is 15.8. The maximum Gasteiger partial charge on any atom is 0.320 e. The van der Waals surface area contributed by atoms with Crippen molar-refractivity contribution in [2.24, 2.45) is 0 Å². The molecule has 23 heavy (non-hydrogen) atoms. The lowest BCUT2D eigenvalue weighted by molar-refractivity contribution is -0.0282. The van der Waals surface area contributed by atoms with Crippen LogP contribution in [0.1, 0.15) is 24.8 Å². The average Bonchev–Trinajstić information content (AvgIpc) is 2.93. The van der Waals surface area contributed by atoms with E-state index in [1.54, 1.807) is 0 Å². The third kappa shape index (κ3) is 2.98. The van der Waals surface area contributed by atoms with Gasteiger partial charge < -0.3 is 14.5 Å². The van der Waals surface area contributed by atoms with E-state index in [1.165, 1.54) is 5.57 Å². The van der Waals surface area contributed by atoms with Crippen LogP contribution in [0.5, 0.6) is 0 Å². The summed E-state index contributed by atoms with van der Waals surface area (Å²) in [5, 5.41) is 0.781. The van der Waals surface area contributed by atoms with Crippen molar-refractivity contribution in [1.29, 1.82) is 0 Å². The number of carbonyl (C=O) groups excluding carboxylic acids is 1. The van der Waals surface area contributed by atoms with Crippen molar-refractivity contribution >= 4 is 23.2 Å². The normalized spacial score (nSPS) is 27.1. The topological polar surface area (TPSA) is 32.8 Å². The number of benzene rings is 1. The van der Waals surface area contributed by atoms with E-state index in [2.05, 4.69) is 6.08 Å². The first-order chi connectivity index (χ1) is 11.2. The smallest absolute Gasteiger partial charge is 0.320 e. The largest absolute Gasteiger partial charge is 0.371 e. The van der Waals surface area contributed by atoms with Crippen molar-refractivity contribution in [1.82, 2.24) is 9.80 Å². The van der Waals surface area contributed by atoms with Gasteiger partial charge in [0, 0.05) is 31.2 Å². The Labute approximate surface area is 141 Å². The number of morpholine rings is 1. The number of fused-ring (bicyclic) bond motifs is 2. The lowest BCUT2D eigenvalue weighted by Gasteiger charge is -2.37. The van der Waals surface area contributed by atoms with Gasteiger partial charge in [-0.25, -0.2) is 4.79 Å². The van der Waals surface area contributed by atoms with Gasteiger partial charge >= 0.3 is 6.03 Å². The molecule has 0 N–H and O–H groups in total. The van der Waals surface area contributed by atoms with Crippen molar-refractivity contribution in [2.45, 2.75) is 31.5 Å². The molecule has 1 aromatic rings. The second-order valence-electron chi connectivity index (χ2n) is 6.55. The number of hydrogen-bond donors (Lipinski definition) is 0. The molecule has 2 bridgehead atoms. The fourth-order valence-electron chi connectivity index (χ4n) is 3.78. The zero-order valence-corrected chi connectivity index (χ0v) is 13.8. The molecule has 4 rings (SSSR count). The Balaban J connectivity index is 1.43. The van der Waals surface area contributed by atoms with Crippen molar-refractivity contribution in [3.05, 3.63) is 40.9 Å². The Morgan fingerprint density at radius 2 is 1.87 bits per heavy atom. The highest BCUT2D eigenvalue weighted by atomic mass is 35.5. The molecule has 2 amide bonds. The van der Waals surface area contributed by atoms with Gasteiger partial charge in [0.05, 0.1) is 12.2 Å². The summed E-state index contributed by atoms with van der Waals surface area (Å²) in [5.41, 5.74) is 2.33. The van der Waals surface area contributed by atoms with Crippen molar-refractivity contribution in [3.8, 4) is 0 Å². The lowest BCUT2D eigenvalue weighted by Crippen LogP contribution is -2.52. The first kappa shape index (κ1) is 15.0. The number of ether oxygens (including phenoxy) is 1. The minimum Gasteiger partial charge on any atom is -0.371 e. The van der Waals surface area contributed by atoms with E-state index in [4.69, 9.17) is 16.3 Å². The maximum absolute atomic E-state index is 12.7. The molecule has 0 aliphatic carbocycles. The van der Waals surface area contributed by atoms with Crippen LogP contribution in [-0.2, 0) is 4.74 Å². The molecule has 0 radical (unpaired) electrons. The van der Waals surface area contributed by atoms with Gasteiger partial charge in [0.1, 0.15) is 0 Å². The zero-order valence-electron chi connectivity index (χ0n) is 13.1. The quantitative estimate of drug-likeness (QED) is 0.789. The van der Waals surface area contributed by atoms with Crippen LogP contribution in [0.15, 0.2) is 30.3 Å². The van der Waals surface area contributed by atoms with Crippen LogP contribution >= 0.6 is 11.6 Å². The Kier molecular flexibility index (Phi) is 4.04. The van der Waals surface area contributed by atoms with Gasteiger partial charge in [0.25, 0.3) is 0 Å². The highest BCUT2D eigenvalue weighted by molar-refractivity contribution is 6.32. The Morgan fingerprint density at radius 1 is 1.13 bits per heavy atom. The maximum atomic E-state index is 12.7. The van der Waals surface area contributed by atoms with E-state index in [0.717, 1.165) is 49.5 Å². The summed E-state index contributed by atoms with van der Waals surface area (Å²) in [6.45, 7) is 2.90. The minimum absolute atomic E-state index is 0.152. The predicted molar refractivity (Wildman–Crippen MR) is 90.5 cm³/mol. The summed E-state index contributed by atoms with van der Waals surface area (Å²) < 4.78 is 5.81. The van der Waals surface area contributed by atoms with E-state index in [-0.39, 0.29) is 18.2 Å². The number of rotatable bonds is 1. The van der Waals surface area contributed by atoms with Gasteiger partial charge in [-0.3, -0.25) is 0 Å². The average molecular weight is 333 g/mol. The molecule has 2 unspecified atom stereocenters. The number of urea groups is 1. The number of hydrogen-bond acceptors (Lipinski definition) is 2. The third-order valence-electron chi connectivity index (χ3n) is 5.01. The minimum atomic E-state index is 0.152. The fraction of sp³-hybridized carbons (Fsp3) is 0.500. The van der Waals surface area contributed by atoms with Crippen LogP contribution in [0.2, 0.25) is 5.02 Å². The van der Waals surface area contributed by atoms with Crippen LogP contribution in [0.25, 0.3) is 5.57 Å². The summed E-state index contributed by atoms with van der Waals surface area (Å²) in [4.78, 5) is 16.6. The van der Waals surface area contributed by atoms with Crippen molar-refractivity contribution < 1.29 is 9.53 Å². The highest BCUT2D eigenvalue weighted by Gasteiger charge is 2.37. The highest BCUT2D eigenvalue weighted by Crippen LogP contribution is 2.30. The van der Waals surface area contributed by atoms with Crippen LogP contribution < -0.4 is 0 Å². The first-order valence-corrected chi connectivity index (χ1v) is 8.72. The number of nitrogens with zero attached hydrogens (tertiary/aromatic N) is 2. The van der Waals surface area contributed by atoms with E-state index < -0.39 is 0 Å². The molecule has 0 spiro atoms. The van der Waals surface area contributed by atoms with Crippen LogP contribution in [0.4, 0.5) is 4.79 Å². The molecule has 122 valence electrons. The van der Waals surface area contributed by atoms with E-state index >= 15 is 0 Å². The summed E-state index contributed by atoms with van der Waals surface area (Å²) in [7, 11) is 0. The van der Waals surface area contributed by atoms with Crippen molar-refractivity contribution in [2.75, 3.05) is 26.2 Å². The van der Waals surface area contributed by atoms with E-state index in [0.29, 0.717) is 6.54 Å². The van der Waals surface area contributed by atoms with Crippen molar-refractivity contribution in [3.63, 3.8) is 0 Å². The molecule has 1 aromatic carbocycles. The van der Waals surface area contributed by atoms with Gasteiger partial charge in [-0.1, -0.05) is 35.9 Å². The molecule has 3 aliphatic heterocycles. The summed E-state index contributed by atoms with van der Waals surface area (Å²) in [6, 6.07) is 8.06. The fourth-order valence-corrected chi connectivity index (χ4v) is 4.04. The van der Waals surface area contributed by atoms with Gasteiger partial charge in [0.15, 0.2) is 0 Å².